The molecule has 1 saturated heterocycles. The number of nitrogens with zero attached hydrogens (tertiary/aromatic N) is 1. The molecule has 1 heterocycles. The fourth-order valence-corrected chi connectivity index (χ4v) is 2.76. The summed E-state index contributed by atoms with van der Waals surface area (Å²) in [5.41, 5.74) is 0.217. The summed E-state index contributed by atoms with van der Waals surface area (Å²) in [5.74, 6) is -1.83. The normalized spacial score (nSPS) is 18.5. The molecule has 0 spiro atoms. The zero-order valence-corrected chi connectivity index (χ0v) is 13.2. The molecule has 6 nitrogen and oxygen atoms in total. The molecular weight excluding hydrogens is 349 g/mol. The summed E-state index contributed by atoms with van der Waals surface area (Å²) in [5, 5.41) is 2.00. The molecule has 0 saturated carbocycles. The second-order valence-corrected chi connectivity index (χ2v) is 6.22. The van der Waals surface area contributed by atoms with Crippen molar-refractivity contribution in [3.8, 4) is 5.75 Å². The van der Waals surface area contributed by atoms with Gasteiger partial charge in [0.25, 0.3) is 0 Å². The summed E-state index contributed by atoms with van der Waals surface area (Å²) in [6.07, 6.45) is -4.80. The summed E-state index contributed by atoms with van der Waals surface area (Å²) in [7, 11) is 0. The fourth-order valence-electron chi connectivity index (χ4n) is 1.94. The minimum atomic E-state index is -4.80. The van der Waals surface area contributed by atoms with Crippen LogP contribution in [-0.2, 0) is 14.4 Å². The first-order valence-electron chi connectivity index (χ1n) is 6.77. The number of amides is 3. The highest BCUT2D eigenvalue weighted by Crippen LogP contribution is 2.24. The van der Waals surface area contributed by atoms with Crippen molar-refractivity contribution in [2.75, 3.05) is 17.6 Å². The lowest BCUT2D eigenvalue weighted by Crippen LogP contribution is -2.49. The molecule has 1 unspecified atom stereocenters. The van der Waals surface area contributed by atoms with Crippen molar-refractivity contribution >= 4 is 35.2 Å². The number of benzene rings is 1. The Morgan fingerprint density at radius 1 is 1.33 bits per heavy atom. The van der Waals surface area contributed by atoms with E-state index in [0.29, 0.717) is 0 Å². The van der Waals surface area contributed by atoms with Gasteiger partial charge in [-0.1, -0.05) is 0 Å². The van der Waals surface area contributed by atoms with Crippen molar-refractivity contribution < 1.29 is 32.3 Å². The Kier molecular flexibility index (Phi) is 5.37. The van der Waals surface area contributed by atoms with Gasteiger partial charge in [-0.05, 0) is 31.2 Å². The Balaban J connectivity index is 1.94. The lowest BCUT2D eigenvalue weighted by atomic mass is 10.3. The van der Waals surface area contributed by atoms with Gasteiger partial charge < -0.3 is 10.1 Å². The molecule has 1 aliphatic heterocycles. The third-order valence-corrected chi connectivity index (χ3v) is 4.16. The number of ether oxygens (including phenoxy) is 1. The van der Waals surface area contributed by atoms with E-state index in [4.69, 9.17) is 0 Å². The second-order valence-electron chi connectivity index (χ2n) is 4.89. The number of hydrogen-bond acceptors (Lipinski definition) is 5. The van der Waals surface area contributed by atoms with E-state index < -0.39 is 41.6 Å². The maximum Gasteiger partial charge on any atom is 0.573 e. The van der Waals surface area contributed by atoms with Crippen LogP contribution in [0.3, 0.4) is 0 Å². The number of rotatable bonds is 4. The average Bonchev–Trinajstić information content (AvgIpc) is 2.48. The van der Waals surface area contributed by atoms with E-state index in [1.807, 2.05) is 0 Å². The van der Waals surface area contributed by atoms with Crippen molar-refractivity contribution in [3.63, 3.8) is 0 Å². The number of nitrogens with one attached hydrogen (secondary N) is 1. The molecule has 3 amide bonds. The quantitative estimate of drug-likeness (QED) is 0.830. The van der Waals surface area contributed by atoms with Gasteiger partial charge >= 0.3 is 6.36 Å². The minimum absolute atomic E-state index is 0.115. The van der Waals surface area contributed by atoms with E-state index in [1.54, 1.807) is 6.92 Å². The Labute approximate surface area is 139 Å². The van der Waals surface area contributed by atoms with Crippen molar-refractivity contribution in [1.29, 1.82) is 0 Å². The van der Waals surface area contributed by atoms with Crippen molar-refractivity contribution in [2.45, 2.75) is 18.5 Å². The Morgan fingerprint density at radius 3 is 2.54 bits per heavy atom. The SMILES string of the molecule is CC1SCC(=O)N(CC(=O)Nc2ccc(OC(F)(F)F)cc2)C1=O. The zero-order chi connectivity index (χ0) is 17.9. The predicted molar refractivity (Wildman–Crippen MR) is 80.4 cm³/mol. The van der Waals surface area contributed by atoms with Crippen LogP contribution in [0.2, 0.25) is 0 Å². The molecule has 24 heavy (non-hydrogen) atoms. The molecule has 130 valence electrons. The summed E-state index contributed by atoms with van der Waals surface area (Å²) in [6.45, 7) is 1.20. The van der Waals surface area contributed by atoms with Gasteiger partial charge in [0.05, 0.1) is 11.0 Å². The molecule has 0 radical (unpaired) electrons. The summed E-state index contributed by atoms with van der Waals surface area (Å²) >= 11 is 1.20. The first-order valence-corrected chi connectivity index (χ1v) is 7.82. The molecule has 1 atom stereocenters. The summed E-state index contributed by atoms with van der Waals surface area (Å²) in [6, 6.07) is 4.52. The molecule has 2 rings (SSSR count). The highest BCUT2D eigenvalue weighted by molar-refractivity contribution is 8.01. The maximum atomic E-state index is 12.1. The first-order chi connectivity index (χ1) is 11.2. The van der Waals surface area contributed by atoms with Crippen LogP contribution in [0.1, 0.15) is 6.92 Å². The van der Waals surface area contributed by atoms with Crippen LogP contribution in [0.4, 0.5) is 18.9 Å². The van der Waals surface area contributed by atoms with Gasteiger partial charge in [-0.25, -0.2) is 0 Å². The van der Waals surface area contributed by atoms with Gasteiger partial charge in [0.1, 0.15) is 12.3 Å². The molecule has 1 aliphatic rings. The second kappa shape index (κ2) is 7.12. The third-order valence-electron chi connectivity index (χ3n) is 3.05. The van der Waals surface area contributed by atoms with Crippen molar-refractivity contribution in [3.05, 3.63) is 24.3 Å². The number of imide groups is 1. The van der Waals surface area contributed by atoms with Crippen molar-refractivity contribution in [1.82, 2.24) is 4.90 Å². The van der Waals surface area contributed by atoms with E-state index in [0.717, 1.165) is 17.0 Å². The van der Waals surface area contributed by atoms with Gasteiger partial charge in [-0.3, -0.25) is 19.3 Å². The van der Waals surface area contributed by atoms with Gasteiger partial charge in [-0.2, -0.15) is 0 Å². The number of carbonyl (C=O) groups is 3. The van der Waals surface area contributed by atoms with E-state index in [9.17, 15) is 27.6 Å². The van der Waals surface area contributed by atoms with Gasteiger partial charge in [-0.15, -0.1) is 24.9 Å². The van der Waals surface area contributed by atoms with Crippen molar-refractivity contribution in [2.24, 2.45) is 0 Å². The summed E-state index contributed by atoms with van der Waals surface area (Å²) in [4.78, 5) is 36.4. The molecule has 0 aromatic heterocycles. The van der Waals surface area contributed by atoms with Crippen LogP contribution in [0, 0.1) is 0 Å². The van der Waals surface area contributed by atoms with E-state index in [2.05, 4.69) is 10.1 Å². The number of thioether (sulfide) groups is 1. The lowest BCUT2D eigenvalue weighted by Gasteiger charge is -2.27. The number of anilines is 1. The maximum absolute atomic E-state index is 12.1. The number of carbonyl (C=O) groups excluding carboxylic acids is 3. The van der Waals surface area contributed by atoms with Gasteiger partial charge in [0.2, 0.25) is 17.7 Å². The topological polar surface area (TPSA) is 75.7 Å². The van der Waals surface area contributed by atoms with Crippen LogP contribution < -0.4 is 10.1 Å². The number of halogens is 3. The predicted octanol–water partition coefficient (Wildman–Crippen LogP) is 2.01. The highest BCUT2D eigenvalue weighted by Gasteiger charge is 2.33. The lowest BCUT2D eigenvalue weighted by molar-refractivity contribution is -0.274. The molecule has 1 fully saturated rings. The van der Waals surface area contributed by atoms with Crippen LogP contribution in [0.5, 0.6) is 5.75 Å². The molecule has 1 aromatic carbocycles. The van der Waals surface area contributed by atoms with Crippen LogP contribution in [0.15, 0.2) is 24.3 Å². The van der Waals surface area contributed by atoms with Crippen LogP contribution in [0.25, 0.3) is 0 Å². The highest BCUT2D eigenvalue weighted by atomic mass is 32.2. The Morgan fingerprint density at radius 2 is 1.96 bits per heavy atom. The van der Waals surface area contributed by atoms with E-state index in [-0.39, 0.29) is 11.4 Å². The smallest absolute Gasteiger partial charge is 0.406 e. The molecule has 10 heteroatoms. The zero-order valence-electron chi connectivity index (χ0n) is 12.4. The molecule has 1 N–H and O–H groups in total. The number of hydrogen-bond donors (Lipinski definition) is 1. The largest absolute Gasteiger partial charge is 0.573 e. The van der Waals surface area contributed by atoms with Crippen LogP contribution in [-0.4, -0.2) is 46.5 Å². The first kappa shape index (κ1) is 18.1. The fraction of sp³-hybridized carbons (Fsp3) is 0.357. The Bertz CT molecular complexity index is 648. The molecule has 1 aromatic rings. The standard InChI is InChI=1S/C14H13F3N2O4S/c1-8-13(22)19(12(21)7-24-8)6-11(20)18-9-2-4-10(5-3-9)23-14(15,16)17/h2-5,8H,6-7H2,1H3,(H,18,20). The van der Waals surface area contributed by atoms with Gasteiger partial charge in [0, 0.05) is 5.69 Å². The molecule has 0 aliphatic carbocycles. The summed E-state index contributed by atoms with van der Waals surface area (Å²) < 4.78 is 39.9. The minimum Gasteiger partial charge on any atom is -0.406 e. The number of alkyl halides is 3. The average molecular weight is 362 g/mol. The van der Waals surface area contributed by atoms with Crippen LogP contribution >= 0.6 is 11.8 Å². The molecule has 0 bridgehead atoms. The van der Waals surface area contributed by atoms with E-state index >= 15 is 0 Å². The molecular formula is C14H13F3N2O4S. The third kappa shape index (κ3) is 4.88. The monoisotopic (exact) mass is 362 g/mol. The Hall–Kier alpha value is -2.23. The van der Waals surface area contributed by atoms with Gasteiger partial charge in [0.15, 0.2) is 0 Å². The van der Waals surface area contributed by atoms with E-state index in [1.165, 1.54) is 23.9 Å².